The number of aromatic nitrogens is 7. The molecule has 0 bridgehead atoms. The van der Waals surface area contributed by atoms with Crippen molar-refractivity contribution in [1.82, 2.24) is 34.2 Å². The molecule has 1 aromatic carbocycles. The maximum absolute atomic E-state index is 12.8. The number of aryl methyl sites for hydroxylation is 3. The molecule has 0 aliphatic heterocycles. The van der Waals surface area contributed by atoms with Crippen LogP contribution in [0.25, 0.3) is 11.3 Å². The third-order valence-electron chi connectivity index (χ3n) is 5.19. The van der Waals surface area contributed by atoms with Crippen LogP contribution in [0.15, 0.2) is 61.2 Å². The van der Waals surface area contributed by atoms with Gasteiger partial charge in [0.05, 0.1) is 35.5 Å². The highest BCUT2D eigenvalue weighted by Crippen LogP contribution is 2.16. The first-order valence-corrected chi connectivity index (χ1v) is 10.2. The molecule has 0 fully saturated rings. The number of fused-ring (bicyclic) bond motifs is 1. The number of pyridine rings is 1. The summed E-state index contributed by atoms with van der Waals surface area (Å²) in [5, 5.41) is 16.0. The molecule has 0 atom stereocenters. The second-order valence-corrected chi connectivity index (χ2v) is 7.79. The molecule has 0 spiro atoms. The minimum Gasteiger partial charge on any atom is -0.318 e. The van der Waals surface area contributed by atoms with Crippen LogP contribution in [-0.4, -0.2) is 40.1 Å². The first-order chi connectivity index (χ1) is 15.5. The SMILES string of the molecule is Cc1ccc(-n2nc(C)c(C(=O)Nc3cnn(Cc4cn5ccccc5n4)c3)n2)c(C)c1. The van der Waals surface area contributed by atoms with Crippen LogP contribution >= 0.6 is 0 Å². The standard InChI is InChI=1S/C23H22N8O/c1-15-7-8-20(16(2)10-15)31-27-17(3)22(28-31)23(32)26-18-11-24-30(13-18)14-19-12-29-9-5-4-6-21(29)25-19/h4-13H,14H2,1-3H3,(H,26,32). The average Bonchev–Trinajstić information content (AvgIpc) is 3.46. The predicted molar refractivity (Wildman–Crippen MR) is 120 cm³/mol. The highest BCUT2D eigenvalue weighted by atomic mass is 16.2. The van der Waals surface area contributed by atoms with E-state index >= 15 is 0 Å². The number of hydrogen-bond donors (Lipinski definition) is 1. The molecule has 0 aliphatic rings. The normalized spacial score (nSPS) is 11.2. The van der Waals surface area contributed by atoms with Crippen molar-refractivity contribution in [2.75, 3.05) is 5.32 Å². The minimum absolute atomic E-state index is 0.276. The topological polar surface area (TPSA) is 94.9 Å². The van der Waals surface area contributed by atoms with Gasteiger partial charge >= 0.3 is 0 Å². The molecule has 0 aliphatic carbocycles. The molecule has 0 saturated carbocycles. The fourth-order valence-electron chi connectivity index (χ4n) is 3.66. The Morgan fingerprint density at radius 1 is 1.06 bits per heavy atom. The molecule has 0 saturated heterocycles. The quantitative estimate of drug-likeness (QED) is 0.465. The van der Waals surface area contributed by atoms with E-state index in [1.165, 1.54) is 4.80 Å². The van der Waals surface area contributed by atoms with Crippen LogP contribution in [0.5, 0.6) is 0 Å². The Morgan fingerprint density at radius 3 is 2.75 bits per heavy atom. The lowest BCUT2D eigenvalue weighted by atomic mass is 10.1. The number of benzene rings is 1. The number of carbonyl (C=O) groups excluding carboxylic acids is 1. The molecular formula is C23H22N8O. The summed E-state index contributed by atoms with van der Waals surface area (Å²) in [6, 6.07) is 11.9. The smallest absolute Gasteiger partial charge is 0.278 e. The van der Waals surface area contributed by atoms with Gasteiger partial charge < -0.3 is 9.72 Å². The van der Waals surface area contributed by atoms with E-state index in [1.54, 1.807) is 24.0 Å². The fraction of sp³-hybridized carbons (Fsp3) is 0.174. The second kappa shape index (κ2) is 7.77. The summed E-state index contributed by atoms with van der Waals surface area (Å²) in [7, 11) is 0. The number of hydrogen-bond acceptors (Lipinski definition) is 5. The van der Waals surface area contributed by atoms with Crippen molar-refractivity contribution in [1.29, 1.82) is 0 Å². The van der Waals surface area contributed by atoms with Gasteiger partial charge in [0.15, 0.2) is 5.69 Å². The molecular weight excluding hydrogens is 404 g/mol. The largest absolute Gasteiger partial charge is 0.318 e. The number of rotatable bonds is 5. The Bertz CT molecular complexity index is 1410. The monoisotopic (exact) mass is 426 g/mol. The molecule has 160 valence electrons. The lowest BCUT2D eigenvalue weighted by molar-refractivity contribution is 0.102. The Morgan fingerprint density at radius 2 is 1.94 bits per heavy atom. The van der Waals surface area contributed by atoms with Crippen molar-refractivity contribution < 1.29 is 4.79 Å². The highest BCUT2D eigenvalue weighted by molar-refractivity contribution is 6.03. The van der Waals surface area contributed by atoms with Crippen LogP contribution in [0.2, 0.25) is 0 Å². The van der Waals surface area contributed by atoms with Gasteiger partial charge in [0.2, 0.25) is 0 Å². The van der Waals surface area contributed by atoms with Crippen LogP contribution < -0.4 is 5.32 Å². The summed E-state index contributed by atoms with van der Waals surface area (Å²) in [6.45, 7) is 6.30. The van der Waals surface area contributed by atoms with E-state index in [0.717, 1.165) is 28.2 Å². The van der Waals surface area contributed by atoms with Gasteiger partial charge in [0.1, 0.15) is 5.65 Å². The molecule has 4 aromatic heterocycles. The summed E-state index contributed by atoms with van der Waals surface area (Å²) in [6.07, 6.45) is 7.29. The van der Waals surface area contributed by atoms with Gasteiger partial charge in [-0.2, -0.15) is 15.0 Å². The van der Waals surface area contributed by atoms with Crippen LogP contribution in [0.1, 0.15) is 33.0 Å². The third-order valence-corrected chi connectivity index (χ3v) is 5.19. The van der Waals surface area contributed by atoms with E-state index < -0.39 is 0 Å². The maximum atomic E-state index is 12.8. The maximum Gasteiger partial charge on any atom is 0.278 e. The van der Waals surface area contributed by atoms with Crippen molar-refractivity contribution >= 4 is 17.2 Å². The van der Waals surface area contributed by atoms with Gasteiger partial charge in [-0.3, -0.25) is 9.48 Å². The molecule has 1 amide bonds. The number of imidazole rings is 1. The van der Waals surface area contributed by atoms with Gasteiger partial charge in [-0.1, -0.05) is 23.8 Å². The lowest BCUT2D eigenvalue weighted by Gasteiger charge is -2.05. The highest BCUT2D eigenvalue weighted by Gasteiger charge is 2.18. The van der Waals surface area contributed by atoms with E-state index in [4.69, 9.17) is 0 Å². The van der Waals surface area contributed by atoms with Gasteiger partial charge in [-0.05, 0) is 44.5 Å². The summed E-state index contributed by atoms with van der Waals surface area (Å²) in [4.78, 5) is 18.9. The summed E-state index contributed by atoms with van der Waals surface area (Å²) < 4.78 is 3.69. The first-order valence-electron chi connectivity index (χ1n) is 10.2. The Balaban J connectivity index is 1.31. The molecule has 0 radical (unpaired) electrons. The Kier molecular flexibility index (Phi) is 4.78. The molecule has 4 heterocycles. The fourth-order valence-corrected chi connectivity index (χ4v) is 3.66. The Labute approximate surface area is 184 Å². The zero-order valence-corrected chi connectivity index (χ0v) is 18.0. The zero-order valence-electron chi connectivity index (χ0n) is 18.0. The average molecular weight is 426 g/mol. The van der Waals surface area contributed by atoms with Gasteiger partial charge in [0.25, 0.3) is 5.91 Å². The first kappa shape index (κ1) is 19.7. The van der Waals surface area contributed by atoms with Crippen molar-refractivity contribution in [2.45, 2.75) is 27.3 Å². The number of anilines is 1. The molecule has 32 heavy (non-hydrogen) atoms. The molecule has 0 unspecified atom stereocenters. The van der Waals surface area contributed by atoms with Crippen molar-refractivity contribution in [2.24, 2.45) is 0 Å². The van der Waals surface area contributed by atoms with Gasteiger partial charge in [-0.15, -0.1) is 5.10 Å². The van der Waals surface area contributed by atoms with E-state index in [1.807, 2.05) is 61.0 Å². The van der Waals surface area contributed by atoms with E-state index in [0.29, 0.717) is 17.9 Å². The van der Waals surface area contributed by atoms with Crippen LogP contribution in [-0.2, 0) is 6.54 Å². The van der Waals surface area contributed by atoms with E-state index in [-0.39, 0.29) is 11.6 Å². The predicted octanol–water partition coefficient (Wildman–Crippen LogP) is 3.34. The zero-order chi connectivity index (χ0) is 22.2. The van der Waals surface area contributed by atoms with Crippen molar-refractivity contribution in [3.05, 3.63) is 89.4 Å². The number of nitrogens with one attached hydrogen (secondary N) is 1. The molecule has 1 N–H and O–H groups in total. The van der Waals surface area contributed by atoms with E-state index in [2.05, 4.69) is 31.7 Å². The van der Waals surface area contributed by atoms with Gasteiger partial charge in [-0.25, -0.2) is 4.98 Å². The van der Waals surface area contributed by atoms with Crippen molar-refractivity contribution in [3.8, 4) is 5.69 Å². The molecule has 9 nitrogen and oxygen atoms in total. The number of nitrogens with zero attached hydrogens (tertiary/aromatic N) is 7. The summed E-state index contributed by atoms with van der Waals surface area (Å²) in [5.74, 6) is -0.328. The summed E-state index contributed by atoms with van der Waals surface area (Å²) >= 11 is 0. The van der Waals surface area contributed by atoms with Crippen LogP contribution in [0.4, 0.5) is 5.69 Å². The molecule has 9 heteroatoms. The van der Waals surface area contributed by atoms with Crippen molar-refractivity contribution in [3.63, 3.8) is 0 Å². The van der Waals surface area contributed by atoms with E-state index in [9.17, 15) is 4.79 Å². The molecule has 5 aromatic rings. The second-order valence-electron chi connectivity index (χ2n) is 7.79. The Hall–Kier alpha value is -4.27. The lowest BCUT2D eigenvalue weighted by Crippen LogP contribution is -2.14. The number of amides is 1. The number of carbonyl (C=O) groups is 1. The van der Waals surface area contributed by atoms with Crippen LogP contribution in [0.3, 0.4) is 0 Å². The summed E-state index contributed by atoms with van der Waals surface area (Å²) in [5.41, 5.74) is 6.22. The van der Waals surface area contributed by atoms with Gasteiger partial charge in [0, 0.05) is 18.6 Å². The third kappa shape index (κ3) is 3.76. The molecule has 5 rings (SSSR count). The van der Waals surface area contributed by atoms with Crippen LogP contribution in [0, 0.1) is 20.8 Å². The minimum atomic E-state index is -0.328.